The number of hydrogen-bond acceptors (Lipinski definition) is 3. The predicted octanol–water partition coefficient (Wildman–Crippen LogP) is 0.701. The van der Waals surface area contributed by atoms with Crippen molar-refractivity contribution >= 4 is 0 Å². The zero-order valence-electron chi connectivity index (χ0n) is 7.70. The fourth-order valence-corrected chi connectivity index (χ4v) is 0.235. The van der Waals surface area contributed by atoms with Crippen molar-refractivity contribution in [3.05, 3.63) is 25.3 Å². The molecule has 0 rings (SSSR count). The first-order chi connectivity index (χ1) is 5.68. The van der Waals surface area contributed by atoms with Crippen LogP contribution in [0.25, 0.3) is 0 Å². The lowest BCUT2D eigenvalue weighted by Crippen LogP contribution is -2.18. The van der Waals surface area contributed by atoms with E-state index in [9.17, 15) is 0 Å². The van der Waals surface area contributed by atoms with Crippen LogP contribution in [0, 0.1) is 0 Å². The van der Waals surface area contributed by atoms with Crippen LogP contribution in [0.1, 0.15) is 6.92 Å². The maximum atomic E-state index is 8.02. The summed E-state index contributed by atoms with van der Waals surface area (Å²) >= 11 is 0. The lowest BCUT2D eigenvalue weighted by atomic mass is 10.4. The molecule has 0 radical (unpaired) electrons. The Kier molecular flexibility index (Phi) is 15.1. The Balaban J connectivity index is 0. The molecule has 0 aliphatic carbocycles. The smallest absolute Gasteiger partial charge is 0.0649 e. The largest absolute Gasteiger partial charge is 0.395 e. The molecule has 0 saturated carbocycles. The summed E-state index contributed by atoms with van der Waals surface area (Å²) in [4.78, 5) is 0. The molecule has 0 aromatic carbocycles. The highest BCUT2D eigenvalue weighted by molar-refractivity contribution is 4.68. The van der Waals surface area contributed by atoms with E-state index in [-0.39, 0.29) is 12.6 Å². The van der Waals surface area contributed by atoms with Crippen LogP contribution < -0.4 is 5.73 Å². The van der Waals surface area contributed by atoms with Gasteiger partial charge in [-0.25, -0.2) is 0 Å². The number of aliphatic hydroxyl groups is 1. The second-order valence-corrected chi connectivity index (χ2v) is 2.27. The van der Waals surface area contributed by atoms with Gasteiger partial charge in [-0.2, -0.15) is 0 Å². The first-order valence-electron chi connectivity index (χ1n) is 3.85. The Bertz CT molecular complexity index is 94.7. The third kappa shape index (κ3) is 22.8. The molecule has 3 heteroatoms. The van der Waals surface area contributed by atoms with Crippen LogP contribution in [-0.2, 0) is 4.74 Å². The highest BCUT2D eigenvalue weighted by Crippen LogP contribution is 1.72. The minimum absolute atomic E-state index is 0.0602. The van der Waals surface area contributed by atoms with Crippen molar-refractivity contribution < 1.29 is 9.84 Å². The van der Waals surface area contributed by atoms with E-state index in [1.54, 1.807) is 19.1 Å². The van der Waals surface area contributed by atoms with E-state index >= 15 is 0 Å². The molecule has 0 aromatic rings. The second kappa shape index (κ2) is 13.0. The minimum Gasteiger partial charge on any atom is -0.395 e. The van der Waals surface area contributed by atoms with Gasteiger partial charge in [0.15, 0.2) is 0 Å². The van der Waals surface area contributed by atoms with Gasteiger partial charge in [0.2, 0.25) is 0 Å². The molecule has 1 unspecified atom stereocenters. The Morgan fingerprint density at radius 3 is 1.92 bits per heavy atom. The molecular formula is C9H19NO2. The maximum Gasteiger partial charge on any atom is 0.0649 e. The van der Waals surface area contributed by atoms with E-state index in [1.165, 1.54) is 0 Å². The lowest BCUT2D eigenvalue weighted by Gasteiger charge is -1.91. The fourth-order valence-electron chi connectivity index (χ4n) is 0.235. The van der Waals surface area contributed by atoms with E-state index in [0.29, 0.717) is 13.2 Å². The third-order valence-corrected chi connectivity index (χ3v) is 0.759. The standard InChI is InChI=1S/C6H10O.C3H9NO/c1-3-5-7-6-4-2;1-3(4)2-5/h3-4H,1-2,5-6H2;3,5H,2,4H2,1H3. The summed E-state index contributed by atoms with van der Waals surface area (Å²) in [6.45, 7) is 10.0. The predicted molar refractivity (Wildman–Crippen MR) is 51.9 cm³/mol. The molecule has 3 N–H and O–H groups in total. The van der Waals surface area contributed by atoms with E-state index in [0.717, 1.165) is 0 Å². The molecule has 12 heavy (non-hydrogen) atoms. The van der Waals surface area contributed by atoms with Crippen LogP contribution in [0.5, 0.6) is 0 Å². The average molecular weight is 173 g/mol. The SMILES string of the molecule is C=CCOCC=C.CC(N)CO. The summed E-state index contributed by atoms with van der Waals surface area (Å²) in [5.74, 6) is 0. The highest BCUT2D eigenvalue weighted by Gasteiger charge is 1.81. The summed E-state index contributed by atoms with van der Waals surface area (Å²) in [7, 11) is 0. The molecule has 72 valence electrons. The Morgan fingerprint density at radius 1 is 1.42 bits per heavy atom. The zero-order chi connectivity index (χ0) is 9.82. The molecular weight excluding hydrogens is 154 g/mol. The zero-order valence-corrected chi connectivity index (χ0v) is 7.70. The van der Waals surface area contributed by atoms with E-state index < -0.39 is 0 Å². The van der Waals surface area contributed by atoms with Gasteiger partial charge in [-0.05, 0) is 6.92 Å². The summed E-state index contributed by atoms with van der Waals surface area (Å²) in [6, 6.07) is -0.0602. The number of ether oxygens (including phenoxy) is 1. The van der Waals surface area contributed by atoms with Gasteiger partial charge in [-0.3, -0.25) is 0 Å². The Morgan fingerprint density at radius 2 is 1.75 bits per heavy atom. The summed E-state index contributed by atoms with van der Waals surface area (Å²) in [6.07, 6.45) is 3.42. The van der Waals surface area contributed by atoms with Crippen molar-refractivity contribution in [2.24, 2.45) is 5.73 Å². The molecule has 1 atom stereocenters. The average Bonchev–Trinajstić information content (AvgIpc) is 2.07. The van der Waals surface area contributed by atoms with Gasteiger partial charge in [0.1, 0.15) is 0 Å². The molecule has 0 amide bonds. The summed E-state index contributed by atoms with van der Waals surface area (Å²) in [5.41, 5.74) is 5.04. The van der Waals surface area contributed by atoms with Crippen molar-refractivity contribution in [3.63, 3.8) is 0 Å². The molecule has 0 fully saturated rings. The van der Waals surface area contributed by atoms with E-state index in [1.807, 2.05) is 0 Å². The Labute approximate surface area is 74.5 Å². The van der Waals surface area contributed by atoms with Gasteiger partial charge in [0.05, 0.1) is 19.8 Å². The van der Waals surface area contributed by atoms with Gasteiger partial charge in [0.25, 0.3) is 0 Å². The first-order valence-corrected chi connectivity index (χ1v) is 3.85. The quantitative estimate of drug-likeness (QED) is 0.475. The van der Waals surface area contributed by atoms with Gasteiger partial charge in [-0.1, -0.05) is 12.2 Å². The molecule has 0 aromatic heterocycles. The normalized spacial score (nSPS) is 10.9. The van der Waals surface area contributed by atoms with Crippen LogP contribution in [0.15, 0.2) is 25.3 Å². The molecule has 0 aliphatic rings. The van der Waals surface area contributed by atoms with Crippen LogP contribution >= 0.6 is 0 Å². The van der Waals surface area contributed by atoms with Crippen molar-refractivity contribution in [1.82, 2.24) is 0 Å². The molecule has 0 aliphatic heterocycles. The summed E-state index contributed by atoms with van der Waals surface area (Å²) in [5, 5.41) is 8.02. The third-order valence-electron chi connectivity index (χ3n) is 0.759. The topological polar surface area (TPSA) is 55.5 Å². The van der Waals surface area contributed by atoms with Gasteiger partial charge < -0.3 is 15.6 Å². The molecule has 0 saturated heterocycles. The van der Waals surface area contributed by atoms with Crippen molar-refractivity contribution in [3.8, 4) is 0 Å². The number of rotatable bonds is 5. The number of hydrogen-bond donors (Lipinski definition) is 2. The first kappa shape index (κ1) is 13.9. The monoisotopic (exact) mass is 173 g/mol. The lowest BCUT2D eigenvalue weighted by molar-refractivity contribution is 0.194. The van der Waals surface area contributed by atoms with Gasteiger partial charge in [0, 0.05) is 6.04 Å². The minimum atomic E-state index is -0.0602. The Hall–Kier alpha value is -0.640. The second-order valence-electron chi connectivity index (χ2n) is 2.27. The molecule has 3 nitrogen and oxygen atoms in total. The number of nitrogens with two attached hydrogens (primary N) is 1. The van der Waals surface area contributed by atoms with Crippen molar-refractivity contribution in [2.75, 3.05) is 19.8 Å². The van der Waals surface area contributed by atoms with E-state index in [4.69, 9.17) is 15.6 Å². The van der Waals surface area contributed by atoms with Crippen LogP contribution in [0.3, 0.4) is 0 Å². The fraction of sp³-hybridized carbons (Fsp3) is 0.556. The van der Waals surface area contributed by atoms with Crippen LogP contribution in [0.4, 0.5) is 0 Å². The van der Waals surface area contributed by atoms with Crippen molar-refractivity contribution in [2.45, 2.75) is 13.0 Å². The summed E-state index contributed by atoms with van der Waals surface area (Å²) < 4.78 is 4.90. The van der Waals surface area contributed by atoms with Crippen LogP contribution in [0.2, 0.25) is 0 Å². The molecule has 0 bridgehead atoms. The number of aliphatic hydroxyl groups excluding tert-OH is 1. The van der Waals surface area contributed by atoms with E-state index in [2.05, 4.69) is 13.2 Å². The molecule has 0 heterocycles. The van der Waals surface area contributed by atoms with Gasteiger partial charge in [-0.15, -0.1) is 13.2 Å². The van der Waals surface area contributed by atoms with Crippen molar-refractivity contribution in [1.29, 1.82) is 0 Å². The van der Waals surface area contributed by atoms with Gasteiger partial charge >= 0.3 is 0 Å². The highest BCUT2D eigenvalue weighted by atomic mass is 16.5. The van der Waals surface area contributed by atoms with Crippen LogP contribution in [-0.4, -0.2) is 31.0 Å². The molecule has 0 spiro atoms. The maximum absolute atomic E-state index is 8.02.